The summed E-state index contributed by atoms with van der Waals surface area (Å²) in [5.41, 5.74) is 1.18. The summed E-state index contributed by atoms with van der Waals surface area (Å²) in [5, 5.41) is 1.86. The van der Waals surface area contributed by atoms with Crippen molar-refractivity contribution in [1.82, 2.24) is 9.55 Å². The molecule has 0 saturated carbocycles. The van der Waals surface area contributed by atoms with E-state index in [0.717, 1.165) is 0 Å². The molecule has 3 aromatic rings. The summed E-state index contributed by atoms with van der Waals surface area (Å²) < 4.78 is 1.54. The lowest BCUT2D eigenvalue weighted by atomic mass is 10.2. The first kappa shape index (κ1) is 14.6. The predicted octanol–water partition coefficient (Wildman–Crippen LogP) is 4.59. The standard InChI is InChI=1S/C15H9BrCl2N2O/c16-8-14-19-13-4-2-1-3-10(13)15(21)20(14)9-5-6-11(17)12(18)7-9/h1-7H,8H2. The molecule has 0 amide bonds. The third-order valence-electron chi connectivity index (χ3n) is 3.13. The second-order valence-electron chi connectivity index (χ2n) is 4.42. The van der Waals surface area contributed by atoms with E-state index in [2.05, 4.69) is 20.9 Å². The molecule has 106 valence electrons. The third kappa shape index (κ3) is 2.59. The van der Waals surface area contributed by atoms with E-state index in [9.17, 15) is 4.79 Å². The Bertz CT molecular complexity index is 892. The molecule has 0 aliphatic rings. The minimum atomic E-state index is -0.131. The molecule has 0 saturated heterocycles. The maximum Gasteiger partial charge on any atom is 0.265 e. The Balaban J connectivity index is 2.37. The lowest BCUT2D eigenvalue weighted by molar-refractivity contribution is 0.888. The van der Waals surface area contributed by atoms with Crippen molar-refractivity contribution in [3.63, 3.8) is 0 Å². The molecule has 0 fully saturated rings. The number of nitrogens with zero attached hydrogens (tertiary/aromatic N) is 2. The lowest BCUT2D eigenvalue weighted by Gasteiger charge is -2.12. The van der Waals surface area contributed by atoms with Crippen LogP contribution in [0.5, 0.6) is 0 Å². The molecule has 0 bridgehead atoms. The van der Waals surface area contributed by atoms with Crippen molar-refractivity contribution < 1.29 is 0 Å². The molecule has 3 nitrogen and oxygen atoms in total. The molecule has 0 radical (unpaired) electrons. The third-order valence-corrected chi connectivity index (χ3v) is 4.37. The van der Waals surface area contributed by atoms with Gasteiger partial charge in [0.1, 0.15) is 5.82 Å². The van der Waals surface area contributed by atoms with Crippen LogP contribution < -0.4 is 5.56 Å². The van der Waals surface area contributed by atoms with Crippen molar-refractivity contribution in [2.24, 2.45) is 0 Å². The highest BCUT2D eigenvalue weighted by Gasteiger charge is 2.12. The van der Waals surface area contributed by atoms with E-state index in [1.807, 2.05) is 18.2 Å². The number of para-hydroxylation sites is 1. The molecule has 0 aliphatic heterocycles. The Labute approximate surface area is 139 Å². The van der Waals surface area contributed by atoms with Gasteiger partial charge in [-0.15, -0.1) is 0 Å². The average Bonchev–Trinajstić information content (AvgIpc) is 2.50. The van der Waals surface area contributed by atoms with Crippen LogP contribution in [-0.4, -0.2) is 9.55 Å². The zero-order chi connectivity index (χ0) is 15.0. The summed E-state index contributed by atoms with van der Waals surface area (Å²) in [6.07, 6.45) is 0. The quantitative estimate of drug-likeness (QED) is 0.606. The normalized spacial score (nSPS) is 11.0. The van der Waals surface area contributed by atoms with Crippen molar-refractivity contribution in [3.05, 3.63) is 68.7 Å². The zero-order valence-corrected chi connectivity index (χ0v) is 13.8. The van der Waals surface area contributed by atoms with Gasteiger partial charge in [-0.1, -0.05) is 51.3 Å². The second-order valence-corrected chi connectivity index (χ2v) is 5.79. The van der Waals surface area contributed by atoms with Crippen LogP contribution in [0.15, 0.2) is 47.3 Å². The summed E-state index contributed by atoms with van der Waals surface area (Å²) in [7, 11) is 0. The van der Waals surface area contributed by atoms with Gasteiger partial charge in [0.2, 0.25) is 0 Å². The van der Waals surface area contributed by atoms with Gasteiger partial charge in [0.15, 0.2) is 0 Å². The van der Waals surface area contributed by atoms with Crippen LogP contribution in [0, 0.1) is 0 Å². The van der Waals surface area contributed by atoms with Gasteiger partial charge in [-0.05, 0) is 30.3 Å². The lowest BCUT2D eigenvalue weighted by Crippen LogP contribution is -2.23. The SMILES string of the molecule is O=c1c2ccccc2nc(CBr)n1-c1ccc(Cl)c(Cl)c1. The van der Waals surface area contributed by atoms with Crippen LogP contribution in [-0.2, 0) is 5.33 Å². The molecule has 2 aromatic carbocycles. The van der Waals surface area contributed by atoms with Gasteiger partial charge in [0.05, 0.1) is 32.0 Å². The van der Waals surface area contributed by atoms with Crippen molar-refractivity contribution in [1.29, 1.82) is 0 Å². The highest BCUT2D eigenvalue weighted by Crippen LogP contribution is 2.25. The molecule has 6 heteroatoms. The molecule has 3 rings (SSSR count). The molecule has 21 heavy (non-hydrogen) atoms. The summed E-state index contributed by atoms with van der Waals surface area (Å²) in [6.45, 7) is 0. The number of rotatable bonds is 2. The number of alkyl halides is 1. The Hall–Kier alpha value is -1.36. The van der Waals surface area contributed by atoms with E-state index in [-0.39, 0.29) is 5.56 Å². The first-order valence-corrected chi connectivity index (χ1v) is 8.01. The first-order chi connectivity index (χ1) is 10.1. The van der Waals surface area contributed by atoms with E-state index < -0.39 is 0 Å². The van der Waals surface area contributed by atoms with Crippen LogP contribution in [0.2, 0.25) is 10.0 Å². The zero-order valence-electron chi connectivity index (χ0n) is 10.7. The van der Waals surface area contributed by atoms with Crippen LogP contribution in [0.4, 0.5) is 0 Å². The van der Waals surface area contributed by atoms with Gasteiger partial charge in [0, 0.05) is 0 Å². The summed E-state index contributed by atoms with van der Waals surface area (Å²) in [4.78, 5) is 17.3. The second kappa shape index (κ2) is 5.79. The molecule has 0 atom stereocenters. The highest BCUT2D eigenvalue weighted by atomic mass is 79.9. The van der Waals surface area contributed by atoms with Crippen molar-refractivity contribution in [2.45, 2.75) is 5.33 Å². The Morgan fingerprint density at radius 2 is 1.86 bits per heavy atom. The fraction of sp³-hybridized carbons (Fsp3) is 0.0667. The predicted molar refractivity (Wildman–Crippen MR) is 90.0 cm³/mol. The van der Waals surface area contributed by atoms with Crippen molar-refractivity contribution >= 4 is 50.0 Å². The van der Waals surface area contributed by atoms with E-state index in [1.165, 1.54) is 0 Å². The van der Waals surface area contributed by atoms with Gasteiger partial charge in [0.25, 0.3) is 5.56 Å². The Morgan fingerprint density at radius 1 is 1.10 bits per heavy atom. The maximum atomic E-state index is 12.7. The molecule has 0 N–H and O–H groups in total. The molecule has 1 aromatic heterocycles. The average molecular weight is 384 g/mol. The van der Waals surface area contributed by atoms with E-state index in [0.29, 0.717) is 37.8 Å². The minimum Gasteiger partial charge on any atom is -0.268 e. The fourth-order valence-corrected chi connectivity index (χ4v) is 2.83. The van der Waals surface area contributed by atoms with Gasteiger partial charge in [-0.2, -0.15) is 0 Å². The molecule has 0 aliphatic carbocycles. The number of benzene rings is 2. The van der Waals surface area contributed by atoms with Crippen molar-refractivity contribution in [2.75, 3.05) is 0 Å². The Morgan fingerprint density at radius 3 is 2.57 bits per heavy atom. The van der Waals surface area contributed by atoms with Crippen LogP contribution >= 0.6 is 39.1 Å². The molecule has 0 unspecified atom stereocenters. The van der Waals surface area contributed by atoms with Gasteiger partial charge >= 0.3 is 0 Å². The van der Waals surface area contributed by atoms with Crippen molar-refractivity contribution in [3.8, 4) is 5.69 Å². The largest absolute Gasteiger partial charge is 0.268 e. The van der Waals surface area contributed by atoms with Gasteiger partial charge in [-0.3, -0.25) is 9.36 Å². The number of hydrogen-bond donors (Lipinski definition) is 0. The number of aromatic nitrogens is 2. The minimum absolute atomic E-state index is 0.131. The number of hydrogen-bond acceptors (Lipinski definition) is 2. The highest BCUT2D eigenvalue weighted by molar-refractivity contribution is 9.08. The number of halogens is 3. The molecular formula is C15H9BrCl2N2O. The monoisotopic (exact) mass is 382 g/mol. The summed E-state index contributed by atoms with van der Waals surface area (Å²) >= 11 is 15.4. The number of fused-ring (bicyclic) bond motifs is 1. The maximum absolute atomic E-state index is 12.7. The van der Waals surface area contributed by atoms with E-state index in [4.69, 9.17) is 23.2 Å². The van der Waals surface area contributed by atoms with Gasteiger partial charge in [-0.25, -0.2) is 4.98 Å². The Kier molecular flexibility index (Phi) is 4.02. The molecule has 1 heterocycles. The van der Waals surface area contributed by atoms with Crippen LogP contribution in [0.3, 0.4) is 0 Å². The van der Waals surface area contributed by atoms with Gasteiger partial charge < -0.3 is 0 Å². The topological polar surface area (TPSA) is 34.9 Å². The molecule has 0 spiro atoms. The fourth-order valence-electron chi connectivity index (χ4n) is 2.16. The van der Waals surface area contributed by atoms with Crippen LogP contribution in [0.25, 0.3) is 16.6 Å². The summed E-state index contributed by atoms with van der Waals surface area (Å²) in [5.74, 6) is 0.608. The summed E-state index contributed by atoms with van der Waals surface area (Å²) in [6, 6.07) is 12.3. The molecular weight excluding hydrogens is 375 g/mol. The van der Waals surface area contributed by atoms with E-state index in [1.54, 1.807) is 28.8 Å². The first-order valence-electron chi connectivity index (χ1n) is 6.14. The van der Waals surface area contributed by atoms with E-state index >= 15 is 0 Å². The van der Waals surface area contributed by atoms with Crippen LogP contribution in [0.1, 0.15) is 5.82 Å². The smallest absolute Gasteiger partial charge is 0.265 e.